The van der Waals surface area contributed by atoms with Gasteiger partial charge in [-0.25, -0.2) is 0 Å². The topological polar surface area (TPSA) is 49.5 Å². The average Bonchev–Trinajstić information content (AvgIpc) is 2.07. The zero-order valence-electron chi connectivity index (χ0n) is 8.83. The first-order chi connectivity index (χ1) is 6.49. The first-order valence-corrected chi connectivity index (χ1v) is 5.63. The van der Waals surface area contributed by atoms with Gasteiger partial charge in [0.2, 0.25) is 0 Å². The molecule has 0 amide bonds. The highest BCUT2D eigenvalue weighted by Gasteiger charge is 2.26. The molecule has 1 saturated heterocycles. The summed E-state index contributed by atoms with van der Waals surface area (Å²) in [4.78, 5) is 2.98. The molecule has 4 heteroatoms. The Morgan fingerprint density at radius 2 is 2.07 bits per heavy atom. The fourth-order valence-corrected chi connectivity index (χ4v) is 1.88. The maximum Gasteiger partial charge on any atom is 0.0727 e. The molecule has 14 heavy (non-hydrogen) atoms. The van der Waals surface area contributed by atoms with Crippen LogP contribution in [0.2, 0.25) is 0 Å². The Morgan fingerprint density at radius 3 is 2.57 bits per heavy atom. The number of likely N-dealkylation sites (tertiary alicyclic amines) is 1. The van der Waals surface area contributed by atoms with Crippen LogP contribution in [0.15, 0.2) is 0 Å². The molecule has 3 N–H and O–H groups in total. The molecule has 0 aromatic carbocycles. The van der Waals surface area contributed by atoms with Crippen molar-refractivity contribution < 1.29 is 5.11 Å². The number of hydrogen-bond donors (Lipinski definition) is 2. The number of nitrogens with two attached hydrogens (primary N) is 1. The number of piperidine rings is 1. The van der Waals surface area contributed by atoms with Crippen molar-refractivity contribution in [3.63, 3.8) is 0 Å². The Kier molecular flexibility index (Phi) is 4.29. The van der Waals surface area contributed by atoms with Gasteiger partial charge in [0.05, 0.1) is 10.6 Å². The third kappa shape index (κ3) is 4.35. The van der Waals surface area contributed by atoms with E-state index in [4.69, 9.17) is 18.0 Å². The van der Waals surface area contributed by atoms with Crippen molar-refractivity contribution in [1.82, 2.24) is 4.90 Å². The van der Waals surface area contributed by atoms with Gasteiger partial charge < -0.3 is 15.7 Å². The maximum atomic E-state index is 9.74. The minimum absolute atomic E-state index is 0.445. The predicted molar refractivity (Wildman–Crippen MR) is 62.3 cm³/mol. The van der Waals surface area contributed by atoms with E-state index in [9.17, 15) is 5.11 Å². The lowest BCUT2D eigenvalue weighted by Crippen LogP contribution is -2.42. The Morgan fingerprint density at radius 1 is 1.50 bits per heavy atom. The summed E-state index contributed by atoms with van der Waals surface area (Å²) in [6.07, 6.45) is 3.62. The molecule has 0 bridgehead atoms. The van der Waals surface area contributed by atoms with Gasteiger partial charge in [-0.15, -0.1) is 0 Å². The molecule has 1 heterocycles. The quantitative estimate of drug-likeness (QED) is 0.686. The van der Waals surface area contributed by atoms with E-state index in [0.717, 1.165) is 45.3 Å². The highest BCUT2D eigenvalue weighted by atomic mass is 32.1. The van der Waals surface area contributed by atoms with Crippen LogP contribution in [-0.2, 0) is 0 Å². The van der Waals surface area contributed by atoms with Crippen LogP contribution in [0.3, 0.4) is 0 Å². The molecule has 1 rings (SSSR count). The van der Waals surface area contributed by atoms with E-state index in [0.29, 0.717) is 4.99 Å². The normalized spacial score (nSPS) is 22.1. The van der Waals surface area contributed by atoms with Crippen LogP contribution in [0.1, 0.15) is 32.6 Å². The molecule has 1 aliphatic heterocycles. The van der Waals surface area contributed by atoms with Crippen molar-refractivity contribution in [2.75, 3.05) is 19.6 Å². The van der Waals surface area contributed by atoms with Crippen molar-refractivity contribution in [2.24, 2.45) is 5.73 Å². The van der Waals surface area contributed by atoms with Gasteiger partial charge in [0, 0.05) is 13.1 Å². The summed E-state index contributed by atoms with van der Waals surface area (Å²) in [5.41, 5.74) is 4.98. The Balaban J connectivity index is 2.13. The maximum absolute atomic E-state index is 9.74. The molecule has 3 nitrogen and oxygen atoms in total. The van der Waals surface area contributed by atoms with Crippen molar-refractivity contribution in [2.45, 2.75) is 38.2 Å². The molecular formula is C10H20N2OS. The summed E-state index contributed by atoms with van der Waals surface area (Å²) in [5, 5.41) is 9.74. The molecule has 1 fully saturated rings. The van der Waals surface area contributed by atoms with E-state index in [2.05, 4.69) is 4.90 Å². The third-order valence-electron chi connectivity index (χ3n) is 2.83. The molecule has 0 saturated carbocycles. The predicted octanol–water partition coefficient (Wildman–Crippen LogP) is 0.900. The first kappa shape index (κ1) is 11.9. The molecule has 0 aromatic rings. The molecule has 1 aliphatic rings. The van der Waals surface area contributed by atoms with Crippen LogP contribution in [0.4, 0.5) is 0 Å². The number of nitrogens with zero attached hydrogens (tertiary/aromatic N) is 1. The van der Waals surface area contributed by atoms with Gasteiger partial charge >= 0.3 is 0 Å². The zero-order valence-corrected chi connectivity index (χ0v) is 9.65. The van der Waals surface area contributed by atoms with Gasteiger partial charge in [0.25, 0.3) is 0 Å². The lowest BCUT2D eigenvalue weighted by atomic mass is 9.94. The molecular weight excluding hydrogens is 196 g/mol. The fraction of sp³-hybridized carbons (Fsp3) is 0.900. The number of thiocarbonyl (C=S) groups is 1. The van der Waals surface area contributed by atoms with Gasteiger partial charge in [-0.3, -0.25) is 0 Å². The average molecular weight is 216 g/mol. The number of hydrogen-bond acceptors (Lipinski definition) is 3. The first-order valence-electron chi connectivity index (χ1n) is 5.23. The molecule has 82 valence electrons. The van der Waals surface area contributed by atoms with Crippen LogP contribution >= 0.6 is 12.2 Å². The molecule has 0 unspecified atom stereocenters. The van der Waals surface area contributed by atoms with Gasteiger partial charge in [-0.05, 0) is 39.2 Å². The molecule has 0 aliphatic carbocycles. The lowest BCUT2D eigenvalue weighted by molar-refractivity contribution is -0.00530. The smallest absolute Gasteiger partial charge is 0.0727 e. The monoisotopic (exact) mass is 216 g/mol. The summed E-state index contributed by atoms with van der Waals surface area (Å²) >= 11 is 4.82. The van der Waals surface area contributed by atoms with Crippen molar-refractivity contribution in [3.05, 3.63) is 0 Å². The minimum atomic E-state index is -0.445. The van der Waals surface area contributed by atoms with Crippen LogP contribution in [0, 0.1) is 0 Å². The van der Waals surface area contributed by atoms with E-state index in [1.807, 2.05) is 6.92 Å². The Labute approximate surface area is 91.3 Å². The van der Waals surface area contributed by atoms with Crippen LogP contribution in [0.5, 0.6) is 0 Å². The number of aliphatic hydroxyl groups is 1. The van der Waals surface area contributed by atoms with Gasteiger partial charge in [-0.2, -0.15) is 0 Å². The molecule has 0 aromatic heterocycles. The SMILES string of the molecule is CC1(O)CCN(CCCC(N)=S)CC1. The van der Waals surface area contributed by atoms with Crippen LogP contribution in [0.25, 0.3) is 0 Å². The molecule has 0 spiro atoms. The van der Waals surface area contributed by atoms with E-state index in [1.165, 1.54) is 0 Å². The summed E-state index contributed by atoms with van der Waals surface area (Å²) < 4.78 is 0. The summed E-state index contributed by atoms with van der Waals surface area (Å²) in [5.74, 6) is 0. The van der Waals surface area contributed by atoms with Crippen LogP contribution < -0.4 is 5.73 Å². The molecule has 0 atom stereocenters. The van der Waals surface area contributed by atoms with Crippen LogP contribution in [-0.4, -0.2) is 40.2 Å². The van der Waals surface area contributed by atoms with Gasteiger partial charge in [0.15, 0.2) is 0 Å². The van der Waals surface area contributed by atoms with Crippen molar-refractivity contribution in [3.8, 4) is 0 Å². The van der Waals surface area contributed by atoms with E-state index in [1.54, 1.807) is 0 Å². The minimum Gasteiger partial charge on any atom is -0.393 e. The second-order valence-corrected chi connectivity index (χ2v) is 4.93. The highest BCUT2D eigenvalue weighted by Crippen LogP contribution is 2.20. The van der Waals surface area contributed by atoms with Crippen molar-refractivity contribution in [1.29, 1.82) is 0 Å². The highest BCUT2D eigenvalue weighted by molar-refractivity contribution is 7.80. The molecule has 0 radical (unpaired) electrons. The Hall–Kier alpha value is -0.190. The zero-order chi connectivity index (χ0) is 10.6. The van der Waals surface area contributed by atoms with E-state index in [-0.39, 0.29) is 0 Å². The van der Waals surface area contributed by atoms with Gasteiger partial charge in [0.1, 0.15) is 0 Å². The number of rotatable bonds is 4. The second-order valence-electron chi connectivity index (χ2n) is 4.41. The standard InChI is InChI=1S/C10H20N2OS/c1-10(13)4-7-12(8-5-10)6-2-3-9(11)14/h13H,2-8H2,1H3,(H2,11,14). The van der Waals surface area contributed by atoms with Gasteiger partial charge in [-0.1, -0.05) is 12.2 Å². The summed E-state index contributed by atoms with van der Waals surface area (Å²) in [6, 6.07) is 0. The van der Waals surface area contributed by atoms with Crippen molar-refractivity contribution >= 4 is 17.2 Å². The largest absolute Gasteiger partial charge is 0.393 e. The summed E-state index contributed by atoms with van der Waals surface area (Å²) in [7, 11) is 0. The van der Waals surface area contributed by atoms with E-state index >= 15 is 0 Å². The Bertz CT molecular complexity index is 196. The fourth-order valence-electron chi connectivity index (χ4n) is 1.74. The van der Waals surface area contributed by atoms with E-state index < -0.39 is 5.60 Å². The summed E-state index contributed by atoms with van der Waals surface area (Å²) in [6.45, 7) is 4.95. The lowest BCUT2D eigenvalue weighted by Gasteiger charge is -2.35. The second kappa shape index (κ2) is 5.05. The third-order valence-corrected chi connectivity index (χ3v) is 3.03.